The molecule has 144 valence electrons. The summed E-state index contributed by atoms with van der Waals surface area (Å²) in [5.41, 5.74) is 0. The fourth-order valence-corrected chi connectivity index (χ4v) is 1.13. The highest BCUT2D eigenvalue weighted by atomic mass is 19.4. The summed E-state index contributed by atoms with van der Waals surface area (Å²) in [6.45, 7) is 0.773. The van der Waals surface area contributed by atoms with Crippen LogP contribution in [0.25, 0.3) is 0 Å². The van der Waals surface area contributed by atoms with Crippen LogP contribution in [0, 0.1) is 0 Å². The van der Waals surface area contributed by atoms with Crippen LogP contribution >= 0.6 is 0 Å². The predicted octanol–water partition coefficient (Wildman–Crippen LogP) is 3.94. The van der Waals surface area contributed by atoms with Gasteiger partial charge >= 0.3 is 30.2 Å². The summed E-state index contributed by atoms with van der Waals surface area (Å²) >= 11 is 0. The second-order valence-electron chi connectivity index (χ2n) is 4.39. The maximum absolute atomic E-state index is 13.6. The van der Waals surface area contributed by atoms with Gasteiger partial charge < -0.3 is 5.32 Å². The quantitative estimate of drug-likeness (QED) is 0.533. The minimum atomic E-state index is -7.19. The van der Waals surface area contributed by atoms with E-state index in [-0.39, 0.29) is 12.8 Å². The van der Waals surface area contributed by atoms with Crippen molar-refractivity contribution >= 4 is 5.91 Å². The smallest absolute Gasteiger partial charge is 0.351 e. The topological polar surface area (TPSA) is 38.3 Å². The number of ether oxygens (including phenoxy) is 1. The lowest BCUT2D eigenvalue weighted by atomic mass is 10.2. The van der Waals surface area contributed by atoms with E-state index < -0.39 is 42.7 Å². The van der Waals surface area contributed by atoms with Gasteiger partial charge in [0.25, 0.3) is 5.91 Å². The molecule has 0 fully saturated rings. The van der Waals surface area contributed by atoms with Gasteiger partial charge in [0.15, 0.2) is 0 Å². The molecular weight excluding hydrogens is 375 g/mol. The van der Waals surface area contributed by atoms with Crippen LogP contribution in [0.5, 0.6) is 0 Å². The SMILES string of the molecule is CCCCNC(=O)[C@](F)(OC(F)(F)C(F)(F)C(F)(F)F)C(F)(F)F. The number of rotatable bonds is 7. The Balaban J connectivity index is 5.69. The first kappa shape index (κ1) is 22.7. The van der Waals surface area contributed by atoms with Crippen LogP contribution in [0.15, 0.2) is 0 Å². The van der Waals surface area contributed by atoms with Crippen LogP contribution in [-0.4, -0.2) is 42.7 Å². The zero-order chi connectivity index (χ0) is 19.6. The maximum atomic E-state index is 13.6. The van der Waals surface area contributed by atoms with Gasteiger partial charge in [0, 0.05) is 6.54 Å². The molecule has 0 aromatic carbocycles. The molecular formula is C10H10F11NO2. The number of alkyl halides is 11. The first-order valence-corrected chi connectivity index (χ1v) is 6.00. The molecule has 0 saturated heterocycles. The summed E-state index contributed by atoms with van der Waals surface area (Å²) in [5.74, 6) is -16.3. The van der Waals surface area contributed by atoms with Crippen LogP contribution in [-0.2, 0) is 9.53 Å². The molecule has 0 rings (SSSR count). The van der Waals surface area contributed by atoms with E-state index in [9.17, 15) is 53.1 Å². The Labute approximate surface area is 127 Å². The lowest BCUT2D eigenvalue weighted by Gasteiger charge is -2.34. The second kappa shape index (κ2) is 6.88. The van der Waals surface area contributed by atoms with Gasteiger partial charge in [0.2, 0.25) is 0 Å². The van der Waals surface area contributed by atoms with Crippen molar-refractivity contribution < 1.29 is 57.8 Å². The molecule has 0 aromatic rings. The molecule has 0 spiro atoms. The minimum Gasteiger partial charge on any atom is -0.351 e. The maximum Gasteiger partial charge on any atom is 0.462 e. The van der Waals surface area contributed by atoms with Gasteiger partial charge in [-0.05, 0) is 6.42 Å². The molecule has 0 aromatic heterocycles. The van der Waals surface area contributed by atoms with Crippen molar-refractivity contribution in [3.63, 3.8) is 0 Å². The molecule has 0 radical (unpaired) electrons. The molecule has 0 unspecified atom stereocenters. The van der Waals surface area contributed by atoms with Gasteiger partial charge in [0.1, 0.15) is 0 Å². The van der Waals surface area contributed by atoms with Crippen LogP contribution in [0.1, 0.15) is 19.8 Å². The van der Waals surface area contributed by atoms with Crippen molar-refractivity contribution in [3.05, 3.63) is 0 Å². The van der Waals surface area contributed by atoms with E-state index in [0.717, 1.165) is 5.32 Å². The summed E-state index contributed by atoms with van der Waals surface area (Å²) < 4.78 is 139. The molecule has 0 saturated carbocycles. The Bertz CT molecular complexity index is 445. The number of nitrogens with one attached hydrogen (secondary N) is 1. The van der Waals surface area contributed by atoms with Gasteiger partial charge in [0.05, 0.1) is 0 Å². The summed E-state index contributed by atoms with van der Waals surface area (Å²) in [6, 6.07) is 0. The normalized spacial score (nSPS) is 16.7. The van der Waals surface area contributed by atoms with Crippen LogP contribution in [0.4, 0.5) is 48.3 Å². The van der Waals surface area contributed by atoms with Crippen LogP contribution in [0.3, 0.4) is 0 Å². The molecule has 3 nitrogen and oxygen atoms in total. The van der Waals surface area contributed by atoms with Crippen molar-refractivity contribution in [1.29, 1.82) is 0 Å². The Morgan fingerprint density at radius 3 is 1.67 bits per heavy atom. The number of hydrogen-bond donors (Lipinski definition) is 1. The van der Waals surface area contributed by atoms with E-state index in [1.54, 1.807) is 0 Å². The van der Waals surface area contributed by atoms with Gasteiger partial charge in [-0.1, -0.05) is 13.3 Å². The molecule has 14 heteroatoms. The third kappa shape index (κ3) is 4.39. The van der Waals surface area contributed by atoms with E-state index in [4.69, 9.17) is 0 Å². The number of hydrogen-bond acceptors (Lipinski definition) is 2. The van der Waals surface area contributed by atoms with E-state index in [2.05, 4.69) is 4.74 Å². The lowest BCUT2D eigenvalue weighted by molar-refractivity contribution is -0.472. The Hall–Kier alpha value is -1.34. The Morgan fingerprint density at radius 2 is 1.33 bits per heavy atom. The van der Waals surface area contributed by atoms with Crippen LogP contribution < -0.4 is 5.32 Å². The summed E-state index contributed by atoms with van der Waals surface area (Å²) in [5, 5.41) is 1.13. The van der Waals surface area contributed by atoms with Crippen molar-refractivity contribution in [3.8, 4) is 0 Å². The number of carbonyl (C=O) groups is 1. The second-order valence-corrected chi connectivity index (χ2v) is 4.39. The fourth-order valence-electron chi connectivity index (χ4n) is 1.13. The van der Waals surface area contributed by atoms with Crippen molar-refractivity contribution in [2.45, 2.75) is 50.0 Å². The molecule has 1 N–H and O–H groups in total. The largest absolute Gasteiger partial charge is 0.462 e. The highest BCUT2D eigenvalue weighted by Gasteiger charge is 2.79. The number of carbonyl (C=O) groups excluding carboxylic acids is 1. The van der Waals surface area contributed by atoms with E-state index in [1.807, 2.05) is 0 Å². The zero-order valence-electron chi connectivity index (χ0n) is 11.6. The average molecular weight is 385 g/mol. The number of halogens is 11. The zero-order valence-corrected chi connectivity index (χ0v) is 11.6. The highest BCUT2D eigenvalue weighted by Crippen LogP contribution is 2.50. The first-order valence-electron chi connectivity index (χ1n) is 6.00. The Morgan fingerprint density at radius 1 is 0.875 bits per heavy atom. The van der Waals surface area contributed by atoms with Gasteiger partial charge in [-0.25, -0.2) is 0 Å². The standard InChI is InChI=1S/C10H10F11NO2/c1-2-3-4-22-5(23)6(11,8(14,15)16)24-10(20,21)7(12,13)9(17,18)19/h2-4H2,1H3,(H,22,23)/t6-/m0/s1. The predicted molar refractivity (Wildman–Crippen MR) is 54.8 cm³/mol. The monoisotopic (exact) mass is 385 g/mol. The summed E-state index contributed by atoms with van der Waals surface area (Å²) in [6.07, 6.45) is -20.6. The molecule has 0 heterocycles. The molecule has 0 bridgehead atoms. The van der Waals surface area contributed by atoms with Gasteiger partial charge in [-0.3, -0.25) is 9.53 Å². The molecule has 0 aliphatic rings. The van der Waals surface area contributed by atoms with Crippen LogP contribution in [0.2, 0.25) is 0 Å². The fraction of sp³-hybridized carbons (Fsp3) is 0.900. The minimum absolute atomic E-state index is 0.0607. The molecule has 1 atom stereocenters. The van der Waals surface area contributed by atoms with E-state index in [0.29, 0.717) is 0 Å². The molecule has 0 aliphatic heterocycles. The van der Waals surface area contributed by atoms with Crippen molar-refractivity contribution in [2.75, 3.05) is 6.54 Å². The Kier molecular flexibility index (Phi) is 6.50. The summed E-state index contributed by atoms with van der Waals surface area (Å²) in [7, 11) is 0. The van der Waals surface area contributed by atoms with E-state index >= 15 is 0 Å². The highest BCUT2D eigenvalue weighted by molar-refractivity contribution is 5.84. The summed E-state index contributed by atoms with van der Waals surface area (Å²) in [4.78, 5) is 11.1. The number of amides is 1. The van der Waals surface area contributed by atoms with Gasteiger partial charge in [-0.2, -0.15) is 48.3 Å². The van der Waals surface area contributed by atoms with Crippen molar-refractivity contribution in [2.24, 2.45) is 0 Å². The lowest BCUT2D eigenvalue weighted by Crippen LogP contribution is -2.63. The third-order valence-corrected chi connectivity index (χ3v) is 2.46. The number of unbranched alkanes of at least 4 members (excludes halogenated alkanes) is 1. The third-order valence-electron chi connectivity index (χ3n) is 2.46. The molecule has 24 heavy (non-hydrogen) atoms. The molecule has 0 aliphatic carbocycles. The average Bonchev–Trinajstić information content (AvgIpc) is 2.35. The van der Waals surface area contributed by atoms with Crippen molar-refractivity contribution in [1.82, 2.24) is 5.32 Å². The first-order chi connectivity index (χ1) is 10.4. The van der Waals surface area contributed by atoms with Gasteiger partial charge in [-0.15, -0.1) is 0 Å². The van der Waals surface area contributed by atoms with E-state index in [1.165, 1.54) is 6.92 Å². The molecule has 1 amide bonds.